The molecule has 8 heteroatoms. The molecule has 4 N–H and O–H groups in total. The molecule has 0 spiro atoms. The van der Waals surface area contributed by atoms with Crippen molar-refractivity contribution < 1.29 is 19.5 Å². The van der Waals surface area contributed by atoms with Crippen molar-refractivity contribution in [2.45, 2.75) is 25.4 Å². The molecule has 0 fully saturated rings. The Morgan fingerprint density at radius 1 is 1.13 bits per heavy atom. The lowest BCUT2D eigenvalue weighted by molar-refractivity contribution is -0.156. The number of carbonyl (C=O) groups excluding carboxylic acids is 2. The van der Waals surface area contributed by atoms with E-state index in [1.165, 1.54) is 9.80 Å². The molecule has 2 aromatic carbocycles. The van der Waals surface area contributed by atoms with Crippen LogP contribution < -0.4 is 5.73 Å². The van der Waals surface area contributed by atoms with Crippen LogP contribution in [0, 0.1) is 11.3 Å². The standard InChI is InChI=1S/C23H26N4O4/c1-26(2)21(28)18(11-14-7-9-15(10-8-14)20(24)25)22(29)27-13-17-6-4-3-5-16(17)12-19(27)23(30)31/h3-10,18-19H,11-13H2,1-2H3,(H3,24,25)(H,30,31)/t18-,19?/m0/s1. The van der Waals surface area contributed by atoms with E-state index < -0.39 is 23.8 Å². The maximum atomic E-state index is 13.5. The summed E-state index contributed by atoms with van der Waals surface area (Å²) in [6.07, 6.45) is 0.325. The Morgan fingerprint density at radius 3 is 2.29 bits per heavy atom. The fourth-order valence-corrected chi connectivity index (χ4v) is 3.82. The summed E-state index contributed by atoms with van der Waals surface area (Å²) < 4.78 is 0. The van der Waals surface area contributed by atoms with E-state index in [2.05, 4.69) is 0 Å². The zero-order valence-electron chi connectivity index (χ0n) is 17.5. The molecule has 0 saturated heterocycles. The zero-order chi connectivity index (χ0) is 22.7. The molecular formula is C23H26N4O4. The summed E-state index contributed by atoms with van der Waals surface area (Å²) in [4.78, 5) is 41.0. The number of amides is 2. The second kappa shape index (κ2) is 8.99. The Morgan fingerprint density at radius 2 is 1.74 bits per heavy atom. The van der Waals surface area contributed by atoms with Crippen LogP contribution in [0.1, 0.15) is 22.3 Å². The first-order valence-electron chi connectivity index (χ1n) is 9.93. The number of nitrogens with one attached hydrogen (secondary N) is 1. The predicted octanol–water partition coefficient (Wildman–Crippen LogP) is 1.26. The molecule has 2 atom stereocenters. The first-order chi connectivity index (χ1) is 14.7. The minimum atomic E-state index is -1.09. The molecular weight excluding hydrogens is 396 g/mol. The normalized spacial score (nSPS) is 16.2. The average molecular weight is 422 g/mol. The van der Waals surface area contributed by atoms with Crippen LogP contribution in [0.2, 0.25) is 0 Å². The number of fused-ring (bicyclic) bond motifs is 1. The number of carboxylic acids is 1. The molecule has 0 radical (unpaired) electrons. The summed E-state index contributed by atoms with van der Waals surface area (Å²) in [5.74, 6) is -3.10. The van der Waals surface area contributed by atoms with Crippen LogP contribution in [0.15, 0.2) is 48.5 Å². The lowest BCUT2D eigenvalue weighted by Gasteiger charge is -2.36. The fourth-order valence-electron chi connectivity index (χ4n) is 3.82. The molecule has 2 amide bonds. The third kappa shape index (κ3) is 4.74. The largest absolute Gasteiger partial charge is 0.480 e. The number of benzene rings is 2. The molecule has 1 heterocycles. The van der Waals surface area contributed by atoms with Crippen molar-refractivity contribution in [3.8, 4) is 0 Å². The maximum absolute atomic E-state index is 13.5. The number of nitrogens with two attached hydrogens (primary N) is 1. The Labute approximate surface area is 180 Å². The van der Waals surface area contributed by atoms with E-state index in [-0.39, 0.29) is 31.1 Å². The van der Waals surface area contributed by atoms with Crippen LogP contribution >= 0.6 is 0 Å². The van der Waals surface area contributed by atoms with Gasteiger partial charge in [0.05, 0.1) is 0 Å². The molecule has 1 unspecified atom stereocenters. The average Bonchev–Trinajstić information content (AvgIpc) is 2.75. The number of carboxylic acid groups (broad SMARTS) is 1. The number of hydrogen-bond donors (Lipinski definition) is 3. The van der Waals surface area contributed by atoms with Crippen molar-refractivity contribution in [3.05, 3.63) is 70.8 Å². The fraction of sp³-hybridized carbons (Fsp3) is 0.304. The van der Waals surface area contributed by atoms with E-state index in [9.17, 15) is 19.5 Å². The summed E-state index contributed by atoms with van der Waals surface area (Å²) >= 11 is 0. The van der Waals surface area contributed by atoms with Gasteiger partial charge in [-0.1, -0.05) is 48.5 Å². The van der Waals surface area contributed by atoms with Gasteiger partial charge >= 0.3 is 5.97 Å². The molecule has 162 valence electrons. The van der Waals surface area contributed by atoms with Crippen LogP contribution in [0.3, 0.4) is 0 Å². The lowest BCUT2D eigenvalue weighted by Crippen LogP contribution is -2.53. The van der Waals surface area contributed by atoms with E-state index >= 15 is 0 Å². The van der Waals surface area contributed by atoms with Gasteiger partial charge in [-0.25, -0.2) is 4.79 Å². The highest BCUT2D eigenvalue weighted by Gasteiger charge is 2.40. The SMILES string of the molecule is CN(C)C(=O)[C@H](Cc1ccc(C(=N)N)cc1)C(=O)N1Cc2ccccc2CC1C(=O)O. The molecule has 3 rings (SSSR count). The number of hydrogen-bond acceptors (Lipinski definition) is 4. The molecule has 0 aromatic heterocycles. The molecule has 1 aliphatic heterocycles. The van der Waals surface area contributed by atoms with Crippen molar-refractivity contribution in [3.63, 3.8) is 0 Å². The Balaban J connectivity index is 1.92. The van der Waals surface area contributed by atoms with Gasteiger partial charge in [-0.2, -0.15) is 0 Å². The first kappa shape index (κ1) is 22.0. The molecule has 1 aliphatic rings. The summed E-state index contributed by atoms with van der Waals surface area (Å²) in [7, 11) is 3.14. The molecule has 31 heavy (non-hydrogen) atoms. The summed E-state index contributed by atoms with van der Waals surface area (Å²) in [6, 6.07) is 13.2. The number of nitrogen functional groups attached to an aromatic ring is 1. The number of carbonyl (C=O) groups is 3. The molecule has 0 aliphatic carbocycles. The molecule has 8 nitrogen and oxygen atoms in total. The monoisotopic (exact) mass is 422 g/mol. The highest BCUT2D eigenvalue weighted by atomic mass is 16.4. The summed E-state index contributed by atoms with van der Waals surface area (Å²) in [5, 5.41) is 17.3. The molecule has 0 bridgehead atoms. The Hall–Kier alpha value is -3.68. The van der Waals surface area contributed by atoms with Crippen LogP contribution in [0.25, 0.3) is 0 Å². The van der Waals surface area contributed by atoms with Gasteiger partial charge in [-0.3, -0.25) is 15.0 Å². The third-order valence-electron chi connectivity index (χ3n) is 5.56. The van der Waals surface area contributed by atoms with E-state index in [4.69, 9.17) is 11.1 Å². The van der Waals surface area contributed by atoms with Gasteiger partial charge in [0.25, 0.3) is 0 Å². The van der Waals surface area contributed by atoms with Crippen LogP contribution in [0.4, 0.5) is 0 Å². The topological polar surface area (TPSA) is 128 Å². The number of rotatable bonds is 6. The minimum absolute atomic E-state index is 0.0696. The van der Waals surface area contributed by atoms with Crippen molar-refractivity contribution in [2.24, 2.45) is 11.7 Å². The summed E-state index contributed by atoms with van der Waals surface area (Å²) in [5.41, 5.74) is 8.54. The van der Waals surface area contributed by atoms with Gasteiger partial charge in [-0.05, 0) is 23.1 Å². The van der Waals surface area contributed by atoms with Gasteiger partial charge in [0.15, 0.2) is 0 Å². The molecule has 0 saturated carbocycles. The number of nitrogens with zero attached hydrogens (tertiary/aromatic N) is 2. The first-order valence-corrected chi connectivity index (χ1v) is 9.93. The highest BCUT2D eigenvalue weighted by Crippen LogP contribution is 2.26. The zero-order valence-corrected chi connectivity index (χ0v) is 17.5. The number of aliphatic carboxylic acids is 1. The van der Waals surface area contributed by atoms with Crippen molar-refractivity contribution >= 4 is 23.6 Å². The second-order valence-electron chi connectivity index (χ2n) is 7.89. The van der Waals surface area contributed by atoms with Gasteiger partial charge in [0.2, 0.25) is 11.8 Å². The highest BCUT2D eigenvalue weighted by molar-refractivity contribution is 6.01. The van der Waals surface area contributed by atoms with Gasteiger partial charge < -0.3 is 20.6 Å². The van der Waals surface area contributed by atoms with E-state index in [0.717, 1.165) is 16.7 Å². The van der Waals surface area contributed by atoms with E-state index in [1.807, 2.05) is 24.3 Å². The maximum Gasteiger partial charge on any atom is 0.326 e. The lowest BCUT2D eigenvalue weighted by atomic mass is 9.90. The van der Waals surface area contributed by atoms with Gasteiger partial charge in [0.1, 0.15) is 17.8 Å². The third-order valence-corrected chi connectivity index (χ3v) is 5.56. The van der Waals surface area contributed by atoms with Crippen LogP contribution in [0.5, 0.6) is 0 Å². The Kier molecular flexibility index (Phi) is 6.39. The molecule has 2 aromatic rings. The van der Waals surface area contributed by atoms with E-state index in [1.54, 1.807) is 38.4 Å². The number of amidine groups is 1. The second-order valence-corrected chi connectivity index (χ2v) is 7.89. The van der Waals surface area contributed by atoms with Crippen LogP contribution in [-0.4, -0.2) is 58.7 Å². The Bertz CT molecular complexity index is 1020. The minimum Gasteiger partial charge on any atom is -0.480 e. The van der Waals surface area contributed by atoms with E-state index in [0.29, 0.717) is 5.56 Å². The van der Waals surface area contributed by atoms with Crippen molar-refractivity contribution in [1.82, 2.24) is 9.80 Å². The van der Waals surface area contributed by atoms with Gasteiger partial charge in [-0.15, -0.1) is 0 Å². The van der Waals surface area contributed by atoms with Crippen LogP contribution in [-0.2, 0) is 33.8 Å². The predicted molar refractivity (Wildman–Crippen MR) is 115 cm³/mol. The van der Waals surface area contributed by atoms with Crippen molar-refractivity contribution in [1.29, 1.82) is 5.41 Å². The smallest absolute Gasteiger partial charge is 0.326 e. The summed E-state index contributed by atoms with van der Waals surface area (Å²) in [6.45, 7) is 0.145. The van der Waals surface area contributed by atoms with Crippen molar-refractivity contribution in [2.75, 3.05) is 14.1 Å². The quantitative estimate of drug-likeness (QED) is 0.367. The van der Waals surface area contributed by atoms with Gasteiger partial charge in [0, 0.05) is 32.6 Å².